The van der Waals surface area contributed by atoms with Crippen LogP contribution in [0.5, 0.6) is 0 Å². The van der Waals surface area contributed by atoms with Gasteiger partial charge in [-0.25, -0.2) is 0 Å². The third kappa shape index (κ3) is 6.27. The lowest BCUT2D eigenvalue weighted by Gasteiger charge is -2.32. The lowest BCUT2D eigenvalue weighted by atomic mass is 9.89. The fourth-order valence-electron chi connectivity index (χ4n) is 2.73. The number of hydrogen-bond donors (Lipinski definition) is 0. The van der Waals surface area contributed by atoms with Crippen molar-refractivity contribution in [3.8, 4) is 0 Å². The molecule has 0 atom stereocenters. The van der Waals surface area contributed by atoms with E-state index >= 15 is 0 Å². The highest BCUT2D eigenvalue weighted by molar-refractivity contribution is 4.72. The minimum atomic E-state index is 0.399. The van der Waals surface area contributed by atoms with Crippen LogP contribution in [0.3, 0.4) is 0 Å². The molecular formula is C17H36NO+. The van der Waals surface area contributed by atoms with Gasteiger partial charge in [-0.05, 0) is 39.0 Å². The molecule has 1 rings (SSSR count). The third-order valence-corrected chi connectivity index (χ3v) is 4.57. The zero-order chi connectivity index (χ0) is 14.6. The Labute approximate surface area is 121 Å². The van der Waals surface area contributed by atoms with Crippen molar-refractivity contribution in [3.05, 3.63) is 0 Å². The van der Waals surface area contributed by atoms with Gasteiger partial charge in [0, 0.05) is 6.61 Å². The first-order valence-corrected chi connectivity index (χ1v) is 8.10. The van der Waals surface area contributed by atoms with E-state index in [2.05, 4.69) is 41.5 Å². The molecule has 0 saturated carbocycles. The molecule has 0 N–H and O–H groups in total. The van der Waals surface area contributed by atoms with Crippen LogP contribution in [0.2, 0.25) is 0 Å². The number of nitrogens with zero attached hydrogens (tertiary/aromatic N) is 1. The van der Waals surface area contributed by atoms with E-state index in [1.54, 1.807) is 0 Å². The van der Waals surface area contributed by atoms with Crippen LogP contribution in [0.4, 0.5) is 0 Å². The molecule has 0 aromatic heterocycles. The van der Waals surface area contributed by atoms with E-state index in [1.807, 2.05) is 0 Å². The van der Waals surface area contributed by atoms with Crippen LogP contribution in [0.25, 0.3) is 0 Å². The van der Waals surface area contributed by atoms with E-state index in [1.165, 1.54) is 49.8 Å². The Morgan fingerprint density at radius 1 is 0.842 bits per heavy atom. The van der Waals surface area contributed by atoms with Gasteiger partial charge in [-0.2, -0.15) is 0 Å². The lowest BCUT2D eigenvalue weighted by Crippen LogP contribution is -2.46. The normalized spacial score (nSPS) is 18.6. The van der Waals surface area contributed by atoms with E-state index in [0.29, 0.717) is 11.0 Å². The molecule has 0 radical (unpaired) electrons. The molecule has 1 aliphatic heterocycles. The monoisotopic (exact) mass is 270 g/mol. The fraction of sp³-hybridized carbons (Fsp3) is 1.00. The first-order valence-electron chi connectivity index (χ1n) is 8.10. The summed E-state index contributed by atoms with van der Waals surface area (Å²) < 4.78 is 7.08. The molecule has 114 valence electrons. The Kier molecular flexibility index (Phi) is 5.88. The summed E-state index contributed by atoms with van der Waals surface area (Å²) in [6.45, 7) is 19.8. The van der Waals surface area contributed by atoms with Gasteiger partial charge in [0.05, 0.1) is 12.1 Å². The number of quaternary nitrogens is 1. The molecule has 1 fully saturated rings. The van der Waals surface area contributed by atoms with Crippen molar-refractivity contribution in [2.75, 3.05) is 32.8 Å². The molecule has 2 heteroatoms. The van der Waals surface area contributed by atoms with Crippen LogP contribution in [0, 0.1) is 5.41 Å². The minimum Gasteiger partial charge on any atom is -0.376 e. The fourth-order valence-corrected chi connectivity index (χ4v) is 2.73. The second-order valence-electron chi connectivity index (χ2n) is 8.47. The lowest BCUT2D eigenvalue weighted by molar-refractivity contribution is -0.851. The van der Waals surface area contributed by atoms with Crippen LogP contribution in [-0.2, 0) is 4.74 Å². The zero-order valence-electron chi connectivity index (χ0n) is 14.2. The standard InChI is InChI=1S/C17H36NO/c1-16(2,3)10-8-7-9-14-19-15-13-18(11-12-18)17(4,5)6/h7-15H2,1-6H3/q+1. The van der Waals surface area contributed by atoms with Crippen molar-refractivity contribution >= 4 is 0 Å². The Morgan fingerprint density at radius 2 is 1.47 bits per heavy atom. The molecular weight excluding hydrogens is 234 g/mol. The Hall–Kier alpha value is -0.0800. The first kappa shape index (κ1) is 17.0. The zero-order valence-corrected chi connectivity index (χ0v) is 14.2. The molecule has 1 aliphatic rings. The van der Waals surface area contributed by atoms with E-state index in [4.69, 9.17) is 4.74 Å². The summed E-state index contributed by atoms with van der Waals surface area (Å²) in [5.41, 5.74) is 0.888. The van der Waals surface area contributed by atoms with Crippen molar-refractivity contribution in [1.82, 2.24) is 0 Å². The predicted octanol–water partition coefficient (Wildman–Crippen LogP) is 4.24. The summed E-state index contributed by atoms with van der Waals surface area (Å²) in [5, 5.41) is 0. The molecule has 0 bridgehead atoms. The van der Waals surface area contributed by atoms with Gasteiger partial charge in [-0.1, -0.05) is 33.6 Å². The highest BCUT2D eigenvalue weighted by atomic mass is 16.5. The average Bonchev–Trinajstić information content (AvgIpc) is 3.00. The van der Waals surface area contributed by atoms with Gasteiger partial charge >= 0.3 is 0 Å². The first-order chi connectivity index (χ1) is 8.66. The molecule has 1 saturated heterocycles. The predicted molar refractivity (Wildman–Crippen MR) is 83.4 cm³/mol. The topological polar surface area (TPSA) is 9.23 Å². The van der Waals surface area contributed by atoms with Crippen molar-refractivity contribution in [3.63, 3.8) is 0 Å². The maximum absolute atomic E-state index is 5.82. The van der Waals surface area contributed by atoms with Crippen LogP contribution < -0.4 is 0 Å². The van der Waals surface area contributed by atoms with Crippen LogP contribution in [0.1, 0.15) is 67.2 Å². The molecule has 0 spiro atoms. The van der Waals surface area contributed by atoms with Crippen molar-refractivity contribution < 1.29 is 9.22 Å². The van der Waals surface area contributed by atoms with Crippen molar-refractivity contribution in [2.45, 2.75) is 72.8 Å². The van der Waals surface area contributed by atoms with Crippen molar-refractivity contribution in [2.24, 2.45) is 5.41 Å². The van der Waals surface area contributed by atoms with Gasteiger partial charge in [-0.15, -0.1) is 0 Å². The van der Waals surface area contributed by atoms with E-state index in [9.17, 15) is 0 Å². The molecule has 1 heterocycles. The molecule has 0 amide bonds. The average molecular weight is 270 g/mol. The molecule has 19 heavy (non-hydrogen) atoms. The van der Waals surface area contributed by atoms with E-state index in [-0.39, 0.29) is 0 Å². The molecule has 0 aliphatic carbocycles. The maximum atomic E-state index is 5.82. The second-order valence-corrected chi connectivity index (χ2v) is 8.47. The summed E-state index contributed by atoms with van der Waals surface area (Å²) in [4.78, 5) is 0. The van der Waals surface area contributed by atoms with Gasteiger partial charge < -0.3 is 9.22 Å². The summed E-state index contributed by atoms with van der Waals surface area (Å²) in [5.74, 6) is 0. The Balaban J connectivity index is 1.95. The smallest absolute Gasteiger partial charge is 0.129 e. The van der Waals surface area contributed by atoms with Crippen LogP contribution in [0.15, 0.2) is 0 Å². The summed E-state index contributed by atoms with van der Waals surface area (Å²) in [6, 6.07) is 0. The number of unbranched alkanes of at least 4 members (excludes halogenated alkanes) is 2. The van der Waals surface area contributed by atoms with Crippen LogP contribution in [-0.4, -0.2) is 42.9 Å². The van der Waals surface area contributed by atoms with Gasteiger partial charge in [0.2, 0.25) is 0 Å². The number of ether oxygens (including phenoxy) is 1. The molecule has 0 aromatic rings. The molecule has 0 aromatic carbocycles. The van der Waals surface area contributed by atoms with Gasteiger partial charge in [0.25, 0.3) is 0 Å². The SMILES string of the molecule is CC(C)(C)CCCCCOCC[N+]1(C(C)(C)C)CC1. The summed E-state index contributed by atoms with van der Waals surface area (Å²) in [7, 11) is 0. The highest BCUT2D eigenvalue weighted by Crippen LogP contribution is 2.33. The third-order valence-electron chi connectivity index (χ3n) is 4.57. The number of hydrogen-bond acceptors (Lipinski definition) is 1. The quantitative estimate of drug-likeness (QED) is 0.364. The largest absolute Gasteiger partial charge is 0.376 e. The van der Waals surface area contributed by atoms with Gasteiger partial charge in [0.1, 0.15) is 19.6 Å². The summed E-state index contributed by atoms with van der Waals surface area (Å²) in [6.07, 6.45) is 5.22. The summed E-state index contributed by atoms with van der Waals surface area (Å²) >= 11 is 0. The minimum absolute atomic E-state index is 0.399. The molecule has 2 nitrogen and oxygen atoms in total. The second kappa shape index (κ2) is 6.58. The van der Waals surface area contributed by atoms with Crippen molar-refractivity contribution in [1.29, 1.82) is 0 Å². The van der Waals surface area contributed by atoms with Gasteiger partial charge in [-0.3, -0.25) is 0 Å². The Morgan fingerprint density at radius 3 is 1.95 bits per heavy atom. The van der Waals surface area contributed by atoms with E-state index < -0.39 is 0 Å². The number of rotatable bonds is 8. The van der Waals surface area contributed by atoms with E-state index in [0.717, 1.165) is 13.2 Å². The Bertz CT molecular complexity index is 255. The highest BCUT2D eigenvalue weighted by Gasteiger charge is 2.51. The van der Waals surface area contributed by atoms with Gasteiger partial charge in [0.15, 0.2) is 0 Å². The maximum Gasteiger partial charge on any atom is 0.129 e. The molecule has 0 unspecified atom stereocenters. The van der Waals surface area contributed by atoms with Crippen LogP contribution >= 0.6 is 0 Å².